The van der Waals surface area contributed by atoms with Gasteiger partial charge in [-0.1, -0.05) is 0 Å². The first-order valence-corrected chi connectivity index (χ1v) is 5.77. The van der Waals surface area contributed by atoms with Gasteiger partial charge in [0.2, 0.25) is 5.78 Å². The summed E-state index contributed by atoms with van der Waals surface area (Å²) in [5.74, 6) is -2.63. The Hall–Kier alpha value is -1.40. The third-order valence-electron chi connectivity index (χ3n) is 2.55. The summed E-state index contributed by atoms with van der Waals surface area (Å²) in [6.45, 7) is 5.46. The molecule has 0 radical (unpaired) electrons. The molecule has 1 aliphatic heterocycles. The van der Waals surface area contributed by atoms with Crippen LogP contribution >= 0.6 is 0 Å². The number of ketones is 1. The molecule has 0 aliphatic carbocycles. The van der Waals surface area contributed by atoms with Crippen LogP contribution in [0.2, 0.25) is 0 Å². The quantitative estimate of drug-likeness (QED) is 0.413. The SMILES string of the molecule is CCOC1(OCC)COC(C)=C(C(=O)OC)C1=O. The van der Waals surface area contributed by atoms with Gasteiger partial charge in [0, 0.05) is 13.2 Å². The van der Waals surface area contributed by atoms with Gasteiger partial charge >= 0.3 is 5.97 Å². The molecule has 18 heavy (non-hydrogen) atoms. The van der Waals surface area contributed by atoms with E-state index in [1.807, 2.05) is 0 Å². The Kier molecular flexibility index (Phi) is 4.86. The van der Waals surface area contributed by atoms with Crippen molar-refractivity contribution in [2.75, 3.05) is 26.9 Å². The van der Waals surface area contributed by atoms with Crippen LogP contribution in [-0.4, -0.2) is 44.5 Å². The van der Waals surface area contributed by atoms with Crippen molar-refractivity contribution in [3.8, 4) is 0 Å². The zero-order valence-electron chi connectivity index (χ0n) is 11.1. The molecular formula is C12H18O6. The van der Waals surface area contributed by atoms with Gasteiger partial charge in [-0.25, -0.2) is 4.79 Å². The van der Waals surface area contributed by atoms with Crippen molar-refractivity contribution in [1.29, 1.82) is 0 Å². The smallest absolute Gasteiger partial charge is 0.345 e. The lowest BCUT2D eigenvalue weighted by Crippen LogP contribution is -2.53. The van der Waals surface area contributed by atoms with Crippen molar-refractivity contribution in [2.45, 2.75) is 26.6 Å². The monoisotopic (exact) mass is 258 g/mol. The number of ether oxygens (including phenoxy) is 4. The number of rotatable bonds is 5. The topological polar surface area (TPSA) is 71.1 Å². The van der Waals surface area contributed by atoms with E-state index in [4.69, 9.17) is 14.2 Å². The number of methoxy groups -OCH3 is 1. The molecule has 0 N–H and O–H groups in total. The van der Waals surface area contributed by atoms with Gasteiger partial charge < -0.3 is 18.9 Å². The Morgan fingerprint density at radius 3 is 2.33 bits per heavy atom. The van der Waals surface area contributed by atoms with Gasteiger partial charge in [0.1, 0.15) is 17.9 Å². The van der Waals surface area contributed by atoms with E-state index in [1.165, 1.54) is 14.0 Å². The molecule has 0 amide bonds. The van der Waals surface area contributed by atoms with Gasteiger partial charge in [0.05, 0.1) is 7.11 Å². The Bertz CT molecular complexity index is 365. The van der Waals surface area contributed by atoms with Crippen molar-refractivity contribution in [3.63, 3.8) is 0 Å². The average molecular weight is 258 g/mol. The zero-order valence-corrected chi connectivity index (χ0v) is 11.1. The molecule has 6 nitrogen and oxygen atoms in total. The second kappa shape index (κ2) is 5.97. The molecule has 0 bridgehead atoms. The van der Waals surface area contributed by atoms with E-state index in [9.17, 15) is 9.59 Å². The Morgan fingerprint density at radius 2 is 1.89 bits per heavy atom. The fourth-order valence-electron chi connectivity index (χ4n) is 1.75. The number of esters is 1. The van der Waals surface area contributed by atoms with Crippen molar-refractivity contribution in [3.05, 3.63) is 11.3 Å². The maximum atomic E-state index is 12.3. The number of Topliss-reactive ketones (excluding diaryl/α,β-unsaturated/α-hetero) is 1. The van der Waals surface area contributed by atoms with Crippen LogP contribution in [0, 0.1) is 0 Å². The number of hydrogen-bond acceptors (Lipinski definition) is 6. The average Bonchev–Trinajstić information content (AvgIpc) is 2.35. The van der Waals surface area contributed by atoms with Crippen LogP contribution in [0.4, 0.5) is 0 Å². The molecule has 0 aromatic rings. The minimum atomic E-state index is -1.55. The van der Waals surface area contributed by atoms with Crippen molar-refractivity contribution in [2.24, 2.45) is 0 Å². The molecule has 0 aromatic heterocycles. The number of carbonyl (C=O) groups excluding carboxylic acids is 2. The first kappa shape index (κ1) is 14.7. The standard InChI is InChI=1S/C12H18O6/c1-5-17-12(18-6-2)7-16-8(3)9(10(12)13)11(14)15-4/h5-7H2,1-4H3. The van der Waals surface area contributed by atoms with E-state index < -0.39 is 17.5 Å². The molecule has 1 aliphatic rings. The lowest BCUT2D eigenvalue weighted by Gasteiger charge is -2.35. The predicted molar refractivity (Wildman–Crippen MR) is 61.7 cm³/mol. The molecule has 6 heteroatoms. The molecule has 0 saturated carbocycles. The highest BCUT2D eigenvalue weighted by Gasteiger charge is 2.49. The maximum Gasteiger partial charge on any atom is 0.345 e. The van der Waals surface area contributed by atoms with Crippen LogP contribution < -0.4 is 0 Å². The van der Waals surface area contributed by atoms with E-state index >= 15 is 0 Å². The van der Waals surface area contributed by atoms with Gasteiger partial charge in [-0.15, -0.1) is 0 Å². The molecule has 102 valence electrons. The summed E-state index contributed by atoms with van der Waals surface area (Å²) in [6, 6.07) is 0. The Balaban J connectivity index is 3.13. The van der Waals surface area contributed by atoms with Gasteiger partial charge in [0.15, 0.2) is 0 Å². The predicted octanol–water partition coefficient (Wildman–Crippen LogP) is 0.802. The fourth-order valence-corrected chi connectivity index (χ4v) is 1.75. The lowest BCUT2D eigenvalue weighted by atomic mass is 10.00. The summed E-state index contributed by atoms with van der Waals surface area (Å²) in [4.78, 5) is 23.9. The van der Waals surface area contributed by atoms with Gasteiger partial charge in [-0.05, 0) is 20.8 Å². The largest absolute Gasteiger partial charge is 0.491 e. The molecule has 0 fully saturated rings. The van der Waals surface area contributed by atoms with Gasteiger partial charge in [0.25, 0.3) is 5.79 Å². The molecular weight excluding hydrogens is 240 g/mol. The summed E-state index contributed by atoms with van der Waals surface area (Å²) < 4.78 is 20.6. The molecule has 0 saturated heterocycles. The van der Waals surface area contributed by atoms with Crippen molar-refractivity contribution >= 4 is 11.8 Å². The Morgan fingerprint density at radius 1 is 1.33 bits per heavy atom. The second-order valence-electron chi connectivity index (χ2n) is 3.66. The third-order valence-corrected chi connectivity index (χ3v) is 2.55. The molecule has 0 unspecified atom stereocenters. The van der Waals surface area contributed by atoms with Crippen LogP contribution in [0.5, 0.6) is 0 Å². The van der Waals surface area contributed by atoms with E-state index in [0.29, 0.717) is 0 Å². The highest BCUT2D eigenvalue weighted by atomic mass is 16.7. The van der Waals surface area contributed by atoms with Gasteiger partial charge in [-0.3, -0.25) is 4.79 Å². The highest BCUT2D eigenvalue weighted by molar-refractivity contribution is 6.20. The highest BCUT2D eigenvalue weighted by Crippen LogP contribution is 2.28. The first-order valence-electron chi connectivity index (χ1n) is 5.77. The molecule has 0 spiro atoms. The van der Waals surface area contributed by atoms with E-state index in [0.717, 1.165) is 0 Å². The number of carbonyl (C=O) groups is 2. The third kappa shape index (κ3) is 2.54. The lowest BCUT2D eigenvalue weighted by molar-refractivity contribution is -0.243. The summed E-state index contributed by atoms with van der Waals surface area (Å²) in [5.41, 5.74) is -0.161. The fraction of sp³-hybridized carbons (Fsp3) is 0.667. The Labute approximate surface area is 106 Å². The minimum Gasteiger partial charge on any atom is -0.491 e. The van der Waals surface area contributed by atoms with E-state index in [1.54, 1.807) is 13.8 Å². The maximum absolute atomic E-state index is 12.3. The summed E-state index contributed by atoms with van der Waals surface area (Å²) in [6.07, 6.45) is 0. The number of allylic oxidation sites excluding steroid dienone is 1. The van der Waals surface area contributed by atoms with Crippen LogP contribution in [0.3, 0.4) is 0 Å². The zero-order chi connectivity index (χ0) is 13.8. The molecule has 1 heterocycles. The van der Waals surface area contributed by atoms with Crippen LogP contribution in [0.15, 0.2) is 11.3 Å². The summed E-state index contributed by atoms with van der Waals surface area (Å²) in [5, 5.41) is 0. The van der Waals surface area contributed by atoms with Crippen molar-refractivity contribution in [1.82, 2.24) is 0 Å². The molecule has 0 atom stereocenters. The normalized spacial score (nSPS) is 18.6. The van der Waals surface area contributed by atoms with Gasteiger partial charge in [-0.2, -0.15) is 0 Å². The second-order valence-corrected chi connectivity index (χ2v) is 3.66. The van der Waals surface area contributed by atoms with Crippen LogP contribution in [-0.2, 0) is 28.5 Å². The summed E-state index contributed by atoms with van der Waals surface area (Å²) in [7, 11) is 1.20. The molecule has 0 aromatic carbocycles. The van der Waals surface area contributed by atoms with E-state index in [-0.39, 0.29) is 31.2 Å². The minimum absolute atomic E-state index is 0.0696. The van der Waals surface area contributed by atoms with Crippen LogP contribution in [0.25, 0.3) is 0 Å². The van der Waals surface area contributed by atoms with Crippen molar-refractivity contribution < 1.29 is 28.5 Å². The van der Waals surface area contributed by atoms with E-state index in [2.05, 4.69) is 4.74 Å². The number of hydrogen-bond donors (Lipinski definition) is 0. The summed E-state index contributed by atoms with van der Waals surface area (Å²) >= 11 is 0. The first-order chi connectivity index (χ1) is 8.52. The molecule has 1 rings (SSSR count). The van der Waals surface area contributed by atoms with Crippen LogP contribution in [0.1, 0.15) is 20.8 Å².